The van der Waals surface area contributed by atoms with E-state index >= 15 is 0 Å². The van der Waals surface area contributed by atoms with Crippen molar-refractivity contribution in [1.29, 1.82) is 0 Å². The average molecular weight is 260 g/mol. The van der Waals surface area contributed by atoms with Crippen LogP contribution < -0.4 is 9.47 Å². The molecular weight excluding hydrogens is 240 g/mol. The van der Waals surface area contributed by atoms with E-state index in [-0.39, 0.29) is 5.97 Å². The Balaban J connectivity index is 3.67. The van der Waals surface area contributed by atoms with Crippen molar-refractivity contribution in [2.24, 2.45) is 0 Å². The van der Waals surface area contributed by atoms with Gasteiger partial charge in [-0.3, -0.25) is 4.79 Å². The SMILES string of the molecule is C=COc1c(C)c(OC(C)=O)c(C)c(C(=C)C)c1C. The normalized spacial score (nSPS) is 9.95. The molecule has 0 fully saturated rings. The first-order chi connectivity index (χ1) is 8.81. The lowest BCUT2D eigenvalue weighted by Gasteiger charge is -2.20. The number of hydrogen-bond acceptors (Lipinski definition) is 3. The van der Waals surface area contributed by atoms with Gasteiger partial charge in [0, 0.05) is 18.1 Å². The van der Waals surface area contributed by atoms with Crippen LogP contribution in [-0.4, -0.2) is 5.97 Å². The van der Waals surface area contributed by atoms with Gasteiger partial charge in [0.2, 0.25) is 0 Å². The number of benzene rings is 1. The van der Waals surface area contributed by atoms with Crippen LogP contribution >= 0.6 is 0 Å². The number of rotatable bonds is 4. The molecule has 102 valence electrons. The first-order valence-corrected chi connectivity index (χ1v) is 6.06. The first-order valence-electron chi connectivity index (χ1n) is 6.06. The van der Waals surface area contributed by atoms with Gasteiger partial charge in [-0.25, -0.2) is 0 Å². The monoisotopic (exact) mass is 260 g/mol. The highest BCUT2D eigenvalue weighted by atomic mass is 16.5. The molecule has 0 saturated carbocycles. The smallest absolute Gasteiger partial charge is 0.308 e. The summed E-state index contributed by atoms with van der Waals surface area (Å²) in [5, 5.41) is 0. The molecule has 3 heteroatoms. The molecule has 0 saturated heterocycles. The van der Waals surface area contributed by atoms with Crippen molar-refractivity contribution >= 4 is 11.5 Å². The van der Waals surface area contributed by atoms with Gasteiger partial charge in [0.15, 0.2) is 0 Å². The van der Waals surface area contributed by atoms with E-state index in [4.69, 9.17) is 9.47 Å². The molecule has 0 aliphatic rings. The van der Waals surface area contributed by atoms with Crippen LogP contribution in [0.2, 0.25) is 0 Å². The van der Waals surface area contributed by atoms with E-state index in [9.17, 15) is 4.79 Å². The van der Waals surface area contributed by atoms with E-state index in [2.05, 4.69) is 13.2 Å². The van der Waals surface area contributed by atoms with E-state index < -0.39 is 0 Å². The van der Waals surface area contributed by atoms with Crippen LogP contribution in [0.25, 0.3) is 5.57 Å². The largest absolute Gasteiger partial charge is 0.465 e. The Kier molecular flexibility index (Phi) is 4.54. The topological polar surface area (TPSA) is 35.5 Å². The maximum atomic E-state index is 11.2. The molecule has 0 heterocycles. The van der Waals surface area contributed by atoms with Gasteiger partial charge >= 0.3 is 5.97 Å². The van der Waals surface area contributed by atoms with Crippen molar-refractivity contribution in [2.75, 3.05) is 0 Å². The molecule has 0 N–H and O–H groups in total. The number of esters is 1. The summed E-state index contributed by atoms with van der Waals surface area (Å²) in [7, 11) is 0. The van der Waals surface area contributed by atoms with E-state index in [0.29, 0.717) is 11.5 Å². The predicted molar refractivity (Wildman–Crippen MR) is 77.5 cm³/mol. The second kappa shape index (κ2) is 5.74. The zero-order chi connectivity index (χ0) is 14.7. The van der Waals surface area contributed by atoms with Crippen molar-refractivity contribution < 1.29 is 14.3 Å². The minimum absolute atomic E-state index is 0.354. The van der Waals surface area contributed by atoms with Gasteiger partial charge in [-0.05, 0) is 38.8 Å². The number of carbonyl (C=O) groups is 1. The molecule has 0 bridgehead atoms. The van der Waals surface area contributed by atoms with E-state index in [1.54, 1.807) is 0 Å². The molecule has 0 unspecified atom stereocenters. The molecule has 0 aliphatic carbocycles. The van der Waals surface area contributed by atoms with Crippen LogP contribution in [0.5, 0.6) is 11.5 Å². The Morgan fingerprint density at radius 1 is 1.05 bits per heavy atom. The number of ether oxygens (including phenoxy) is 2. The molecule has 0 radical (unpaired) electrons. The zero-order valence-electron chi connectivity index (χ0n) is 12.2. The van der Waals surface area contributed by atoms with Crippen molar-refractivity contribution in [1.82, 2.24) is 0 Å². The van der Waals surface area contributed by atoms with Crippen LogP contribution in [-0.2, 0) is 4.79 Å². The highest BCUT2D eigenvalue weighted by molar-refractivity contribution is 5.77. The fourth-order valence-corrected chi connectivity index (χ4v) is 2.37. The summed E-state index contributed by atoms with van der Waals surface area (Å²) in [6, 6.07) is 0. The molecule has 0 atom stereocenters. The molecule has 1 rings (SSSR count). The molecule has 0 spiro atoms. The van der Waals surface area contributed by atoms with Gasteiger partial charge in [-0.1, -0.05) is 18.7 Å². The fraction of sp³-hybridized carbons (Fsp3) is 0.312. The Morgan fingerprint density at radius 3 is 2.00 bits per heavy atom. The van der Waals surface area contributed by atoms with E-state index in [1.807, 2.05) is 27.7 Å². The number of hydrogen-bond donors (Lipinski definition) is 0. The Labute approximate surface area is 114 Å². The molecule has 1 aromatic rings. The second-order valence-corrected chi connectivity index (χ2v) is 4.57. The second-order valence-electron chi connectivity index (χ2n) is 4.57. The van der Waals surface area contributed by atoms with Crippen molar-refractivity contribution in [3.8, 4) is 11.5 Å². The lowest BCUT2D eigenvalue weighted by Crippen LogP contribution is -2.08. The maximum absolute atomic E-state index is 11.2. The average Bonchev–Trinajstić information content (AvgIpc) is 2.29. The summed E-state index contributed by atoms with van der Waals surface area (Å²) in [6.45, 7) is 16.6. The summed E-state index contributed by atoms with van der Waals surface area (Å²) in [5.74, 6) is 0.843. The van der Waals surface area contributed by atoms with Crippen LogP contribution in [0.4, 0.5) is 0 Å². The van der Waals surface area contributed by atoms with E-state index in [1.165, 1.54) is 13.2 Å². The summed E-state index contributed by atoms with van der Waals surface area (Å²) in [5.41, 5.74) is 4.51. The third-order valence-electron chi connectivity index (χ3n) is 2.99. The quantitative estimate of drug-likeness (QED) is 0.464. The van der Waals surface area contributed by atoms with Crippen molar-refractivity contribution in [3.05, 3.63) is 41.7 Å². The minimum Gasteiger partial charge on any atom is -0.465 e. The maximum Gasteiger partial charge on any atom is 0.308 e. The highest BCUT2D eigenvalue weighted by Gasteiger charge is 2.20. The Morgan fingerprint density at radius 2 is 1.58 bits per heavy atom. The molecule has 0 amide bonds. The molecule has 0 aliphatic heterocycles. The van der Waals surface area contributed by atoms with Crippen molar-refractivity contribution in [3.63, 3.8) is 0 Å². The van der Waals surface area contributed by atoms with Gasteiger partial charge < -0.3 is 9.47 Å². The number of allylic oxidation sites excluding steroid dienone is 1. The number of carbonyl (C=O) groups excluding carboxylic acids is 1. The first kappa shape index (κ1) is 15.0. The standard InChI is InChI=1S/C16H20O3/c1-8-18-15-10(4)14(9(2)3)11(5)16(12(15)6)19-13(7)17/h8H,1-2H2,3-7H3. The van der Waals surface area contributed by atoms with Gasteiger partial charge in [0.05, 0.1) is 6.26 Å². The lowest BCUT2D eigenvalue weighted by atomic mass is 9.93. The lowest BCUT2D eigenvalue weighted by molar-refractivity contribution is -0.131. The summed E-state index contributed by atoms with van der Waals surface area (Å²) in [4.78, 5) is 11.2. The molecule has 1 aromatic carbocycles. The summed E-state index contributed by atoms with van der Waals surface area (Å²) in [6.07, 6.45) is 1.37. The summed E-state index contributed by atoms with van der Waals surface area (Å²) >= 11 is 0. The van der Waals surface area contributed by atoms with Crippen LogP contribution in [0, 0.1) is 20.8 Å². The predicted octanol–water partition coefficient (Wildman–Crippen LogP) is 4.09. The van der Waals surface area contributed by atoms with Crippen LogP contribution in [0.15, 0.2) is 19.4 Å². The third kappa shape index (κ3) is 2.87. The molecule has 19 heavy (non-hydrogen) atoms. The summed E-state index contributed by atoms with van der Waals surface area (Å²) < 4.78 is 10.8. The van der Waals surface area contributed by atoms with Crippen molar-refractivity contribution in [2.45, 2.75) is 34.6 Å². The molecular formula is C16H20O3. The fourth-order valence-electron chi connectivity index (χ4n) is 2.37. The zero-order valence-corrected chi connectivity index (χ0v) is 12.2. The minimum atomic E-state index is -0.354. The highest BCUT2D eigenvalue weighted by Crippen LogP contribution is 2.40. The van der Waals surface area contributed by atoms with Gasteiger partial charge in [0.25, 0.3) is 0 Å². The van der Waals surface area contributed by atoms with Crippen LogP contribution in [0.1, 0.15) is 36.1 Å². The molecule has 3 nitrogen and oxygen atoms in total. The van der Waals surface area contributed by atoms with E-state index in [0.717, 1.165) is 27.8 Å². The molecule has 0 aromatic heterocycles. The van der Waals surface area contributed by atoms with Gasteiger partial charge in [-0.2, -0.15) is 0 Å². The Hall–Kier alpha value is -2.03. The van der Waals surface area contributed by atoms with Crippen LogP contribution in [0.3, 0.4) is 0 Å². The van der Waals surface area contributed by atoms with Gasteiger partial charge in [-0.15, -0.1) is 0 Å². The third-order valence-corrected chi connectivity index (χ3v) is 2.99. The Bertz CT molecular complexity index is 554. The van der Waals surface area contributed by atoms with Gasteiger partial charge in [0.1, 0.15) is 11.5 Å².